The van der Waals surface area contributed by atoms with Gasteiger partial charge in [-0.05, 0) is 54.4 Å². The van der Waals surface area contributed by atoms with Gasteiger partial charge in [-0.1, -0.05) is 12.1 Å². The van der Waals surface area contributed by atoms with E-state index in [1.165, 1.54) is 19.2 Å². The van der Waals surface area contributed by atoms with Crippen LogP contribution in [0, 0.1) is 0 Å². The second-order valence-electron chi connectivity index (χ2n) is 8.46. The predicted molar refractivity (Wildman–Crippen MR) is 120 cm³/mol. The van der Waals surface area contributed by atoms with Crippen molar-refractivity contribution in [1.29, 1.82) is 0 Å². The minimum atomic E-state index is -4.40. The lowest BCUT2D eigenvalue weighted by Gasteiger charge is -2.34. The quantitative estimate of drug-likeness (QED) is 0.625. The molecule has 34 heavy (non-hydrogen) atoms. The van der Waals surface area contributed by atoms with Gasteiger partial charge in [0.05, 0.1) is 24.8 Å². The molecule has 1 aromatic heterocycles. The van der Waals surface area contributed by atoms with Crippen LogP contribution in [-0.4, -0.2) is 53.3 Å². The Bertz CT molecular complexity index is 1210. The van der Waals surface area contributed by atoms with E-state index >= 15 is 0 Å². The monoisotopic (exact) mass is 469 g/mol. The standard InChI is InChI=1S/C24H22F3N5O2/c1-34-20-10-15(4-7-19(20)14-2-5-16(6-3-14)24(25,26)27)23(33)32-13-17-11-18(32)12-31(17)22-9-8-21(28)29-30-22/h2-10,17-18H,11-13H2,1H3,(H2,28,29)/t17-,18-/m0/s1. The molecule has 2 saturated heterocycles. The normalized spacial score (nSPS) is 19.5. The van der Waals surface area contributed by atoms with Gasteiger partial charge in [-0.3, -0.25) is 4.79 Å². The lowest BCUT2D eigenvalue weighted by Crippen LogP contribution is -2.49. The molecule has 2 aromatic carbocycles. The van der Waals surface area contributed by atoms with E-state index in [2.05, 4.69) is 15.1 Å². The third-order valence-corrected chi connectivity index (χ3v) is 6.44. The SMILES string of the molecule is COc1cc(C(=O)N2C[C@@H]3C[C@H]2CN3c2ccc(N)nn2)ccc1-c1ccc(C(F)(F)F)cc1. The number of rotatable bonds is 4. The first-order valence-electron chi connectivity index (χ1n) is 10.8. The molecular formula is C24H22F3N5O2. The number of nitrogen functional groups attached to an aromatic ring is 1. The molecule has 0 radical (unpaired) electrons. The van der Waals surface area contributed by atoms with Gasteiger partial charge in [0, 0.05) is 24.2 Å². The second kappa shape index (κ2) is 8.19. The Morgan fingerprint density at radius 3 is 2.38 bits per heavy atom. The van der Waals surface area contributed by atoms with E-state index < -0.39 is 11.7 Å². The van der Waals surface area contributed by atoms with Crippen molar-refractivity contribution in [1.82, 2.24) is 15.1 Å². The summed E-state index contributed by atoms with van der Waals surface area (Å²) in [7, 11) is 1.47. The van der Waals surface area contributed by atoms with Crippen LogP contribution >= 0.6 is 0 Å². The number of anilines is 2. The highest BCUT2D eigenvalue weighted by molar-refractivity contribution is 5.96. The van der Waals surface area contributed by atoms with E-state index in [1.807, 2.05) is 11.0 Å². The molecule has 0 aliphatic carbocycles. The first-order chi connectivity index (χ1) is 16.2. The molecule has 10 heteroatoms. The Morgan fingerprint density at radius 2 is 1.79 bits per heavy atom. The van der Waals surface area contributed by atoms with Crippen molar-refractivity contribution >= 4 is 17.5 Å². The summed E-state index contributed by atoms with van der Waals surface area (Å²) in [5.74, 6) is 1.43. The number of ether oxygens (including phenoxy) is 1. The smallest absolute Gasteiger partial charge is 0.416 e. The fourth-order valence-electron chi connectivity index (χ4n) is 4.75. The maximum absolute atomic E-state index is 13.3. The fraction of sp³-hybridized carbons (Fsp3) is 0.292. The number of likely N-dealkylation sites (tertiary alicyclic amines) is 1. The van der Waals surface area contributed by atoms with E-state index in [4.69, 9.17) is 10.5 Å². The summed E-state index contributed by atoms with van der Waals surface area (Å²) < 4.78 is 44.1. The largest absolute Gasteiger partial charge is 0.496 e. The van der Waals surface area contributed by atoms with Crippen molar-refractivity contribution in [3.63, 3.8) is 0 Å². The van der Waals surface area contributed by atoms with E-state index in [0.29, 0.717) is 41.3 Å². The molecule has 7 nitrogen and oxygen atoms in total. The number of halogens is 3. The summed E-state index contributed by atoms with van der Waals surface area (Å²) in [4.78, 5) is 17.3. The number of aromatic nitrogens is 2. The van der Waals surface area contributed by atoms with E-state index in [1.54, 1.807) is 24.3 Å². The maximum atomic E-state index is 13.3. The minimum Gasteiger partial charge on any atom is -0.496 e. The van der Waals surface area contributed by atoms with Gasteiger partial charge >= 0.3 is 6.18 Å². The number of piperazine rings is 1. The third kappa shape index (κ3) is 3.89. The molecule has 1 amide bonds. The number of carbonyl (C=O) groups is 1. The molecule has 2 N–H and O–H groups in total. The highest BCUT2D eigenvalue weighted by atomic mass is 19.4. The highest BCUT2D eigenvalue weighted by Crippen LogP contribution is 2.37. The Balaban J connectivity index is 1.33. The predicted octanol–water partition coefficient (Wildman–Crippen LogP) is 3.86. The van der Waals surface area contributed by atoms with E-state index in [0.717, 1.165) is 24.4 Å². The van der Waals surface area contributed by atoms with Crippen molar-refractivity contribution in [2.45, 2.75) is 24.7 Å². The molecule has 0 unspecified atom stereocenters. The zero-order chi connectivity index (χ0) is 24.0. The van der Waals surface area contributed by atoms with Gasteiger partial charge in [0.2, 0.25) is 0 Å². The van der Waals surface area contributed by atoms with Crippen molar-refractivity contribution in [3.8, 4) is 16.9 Å². The molecular weight excluding hydrogens is 447 g/mol. The van der Waals surface area contributed by atoms with Gasteiger partial charge in [-0.25, -0.2) is 0 Å². The summed E-state index contributed by atoms with van der Waals surface area (Å²) in [5, 5.41) is 8.07. The second-order valence-corrected chi connectivity index (χ2v) is 8.46. The summed E-state index contributed by atoms with van der Waals surface area (Å²) in [6, 6.07) is 13.7. The minimum absolute atomic E-state index is 0.0532. The molecule has 5 rings (SSSR count). The summed E-state index contributed by atoms with van der Waals surface area (Å²) >= 11 is 0. The number of hydrogen-bond acceptors (Lipinski definition) is 6. The van der Waals surface area contributed by atoms with Gasteiger partial charge in [-0.15, -0.1) is 10.2 Å². The number of benzene rings is 2. The third-order valence-electron chi connectivity index (χ3n) is 6.44. The molecule has 3 aromatic rings. The molecule has 2 atom stereocenters. The van der Waals surface area contributed by atoms with Crippen LogP contribution in [0.5, 0.6) is 5.75 Å². The first kappa shape index (κ1) is 22.0. The number of fused-ring (bicyclic) bond motifs is 2. The summed E-state index contributed by atoms with van der Waals surface area (Å²) in [6.45, 7) is 1.23. The van der Waals surface area contributed by atoms with Crippen LogP contribution in [0.25, 0.3) is 11.1 Å². The molecule has 0 spiro atoms. The van der Waals surface area contributed by atoms with Crippen LogP contribution in [-0.2, 0) is 6.18 Å². The van der Waals surface area contributed by atoms with Gasteiger partial charge in [0.15, 0.2) is 5.82 Å². The van der Waals surface area contributed by atoms with E-state index in [9.17, 15) is 18.0 Å². The van der Waals surface area contributed by atoms with Crippen molar-refractivity contribution in [2.24, 2.45) is 0 Å². The molecule has 2 bridgehead atoms. The van der Waals surface area contributed by atoms with Crippen LogP contribution in [0.1, 0.15) is 22.3 Å². The molecule has 2 aliphatic heterocycles. The molecule has 176 valence electrons. The molecule has 2 fully saturated rings. The average Bonchev–Trinajstić information content (AvgIpc) is 3.44. The number of hydrogen-bond donors (Lipinski definition) is 1. The zero-order valence-electron chi connectivity index (χ0n) is 18.3. The number of methoxy groups -OCH3 is 1. The Hall–Kier alpha value is -3.82. The average molecular weight is 469 g/mol. The lowest BCUT2D eigenvalue weighted by molar-refractivity contribution is -0.137. The Kier molecular flexibility index (Phi) is 5.30. The number of amides is 1. The van der Waals surface area contributed by atoms with Crippen LogP contribution in [0.3, 0.4) is 0 Å². The lowest BCUT2D eigenvalue weighted by atomic mass is 10.0. The van der Waals surface area contributed by atoms with Crippen molar-refractivity contribution < 1.29 is 22.7 Å². The van der Waals surface area contributed by atoms with Crippen molar-refractivity contribution in [2.75, 3.05) is 30.8 Å². The summed E-state index contributed by atoms with van der Waals surface area (Å²) in [5.41, 5.74) is 6.56. The highest BCUT2D eigenvalue weighted by Gasteiger charge is 2.46. The topological polar surface area (TPSA) is 84.6 Å². The van der Waals surface area contributed by atoms with Gasteiger partial charge < -0.3 is 20.3 Å². The Labute approximate surface area is 193 Å². The van der Waals surface area contributed by atoms with E-state index in [-0.39, 0.29) is 18.0 Å². The van der Waals surface area contributed by atoms with Crippen LogP contribution in [0.15, 0.2) is 54.6 Å². The molecule has 3 heterocycles. The van der Waals surface area contributed by atoms with Gasteiger partial charge in [0.25, 0.3) is 5.91 Å². The maximum Gasteiger partial charge on any atom is 0.416 e. The summed E-state index contributed by atoms with van der Waals surface area (Å²) in [6.07, 6.45) is -3.55. The van der Waals surface area contributed by atoms with Crippen LogP contribution < -0.4 is 15.4 Å². The fourth-order valence-corrected chi connectivity index (χ4v) is 4.75. The van der Waals surface area contributed by atoms with Gasteiger partial charge in [-0.2, -0.15) is 13.2 Å². The number of nitrogens with zero attached hydrogens (tertiary/aromatic N) is 4. The Morgan fingerprint density at radius 1 is 1.03 bits per heavy atom. The van der Waals surface area contributed by atoms with Crippen molar-refractivity contribution in [3.05, 3.63) is 65.7 Å². The zero-order valence-corrected chi connectivity index (χ0v) is 18.3. The molecule has 0 saturated carbocycles. The van der Waals surface area contributed by atoms with Crippen LogP contribution in [0.2, 0.25) is 0 Å². The molecule has 2 aliphatic rings. The number of alkyl halides is 3. The first-order valence-corrected chi connectivity index (χ1v) is 10.8. The van der Waals surface area contributed by atoms with Gasteiger partial charge in [0.1, 0.15) is 11.6 Å². The van der Waals surface area contributed by atoms with Crippen LogP contribution in [0.4, 0.5) is 24.8 Å². The number of nitrogens with two attached hydrogens (primary N) is 1. The number of carbonyl (C=O) groups excluding carboxylic acids is 1.